The summed E-state index contributed by atoms with van der Waals surface area (Å²) in [6, 6.07) is -5.09. The fourth-order valence-corrected chi connectivity index (χ4v) is 3.32. The number of carbonyl (C=O) groups is 6. The van der Waals surface area contributed by atoms with E-state index in [1.54, 1.807) is 13.8 Å². The molecule has 0 aromatic rings. The summed E-state index contributed by atoms with van der Waals surface area (Å²) in [4.78, 5) is 71.4. The second-order valence-electron chi connectivity index (χ2n) is 8.14. The maximum Gasteiger partial charge on any atom is 0.326 e. The van der Waals surface area contributed by atoms with Crippen LogP contribution in [0.15, 0.2) is 0 Å². The molecule has 0 aromatic carbocycles. The quantitative estimate of drug-likeness (QED) is 0.119. The number of rotatable bonds is 17. The van der Waals surface area contributed by atoms with Crippen LogP contribution in [0.3, 0.4) is 0 Å². The molecule has 0 aromatic heterocycles. The zero-order chi connectivity index (χ0) is 26.4. The average Bonchev–Trinajstić information content (AvgIpc) is 2.72. The Bertz CT molecular complexity index is 748. The number of amides is 4. The summed E-state index contributed by atoms with van der Waals surface area (Å²) >= 11 is 1.51. The van der Waals surface area contributed by atoms with Crippen molar-refractivity contribution >= 4 is 47.3 Å². The molecule has 34 heavy (non-hydrogen) atoms. The Kier molecular flexibility index (Phi) is 14.5. The smallest absolute Gasteiger partial charge is 0.326 e. The van der Waals surface area contributed by atoms with Crippen LogP contribution >= 0.6 is 11.8 Å². The highest BCUT2D eigenvalue weighted by atomic mass is 32.2. The first kappa shape index (κ1) is 31.1. The van der Waals surface area contributed by atoms with E-state index in [9.17, 15) is 33.9 Å². The molecule has 0 spiro atoms. The summed E-state index contributed by atoms with van der Waals surface area (Å²) in [6.45, 7) is 3.61. The molecular formula is C20H35N5O8S. The van der Waals surface area contributed by atoms with Crippen molar-refractivity contribution in [2.75, 3.05) is 12.0 Å². The van der Waals surface area contributed by atoms with Gasteiger partial charge in [-0.15, -0.1) is 0 Å². The minimum Gasteiger partial charge on any atom is -0.481 e. The van der Waals surface area contributed by atoms with Gasteiger partial charge >= 0.3 is 11.9 Å². The number of hydrogen-bond donors (Lipinski definition) is 7. The monoisotopic (exact) mass is 505 g/mol. The van der Waals surface area contributed by atoms with Crippen LogP contribution in [0.4, 0.5) is 0 Å². The number of aliphatic carboxylic acids is 2. The molecule has 0 heterocycles. The van der Waals surface area contributed by atoms with Crippen molar-refractivity contribution in [3.8, 4) is 0 Å². The van der Waals surface area contributed by atoms with E-state index in [2.05, 4.69) is 16.0 Å². The van der Waals surface area contributed by atoms with Crippen LogP contribution in [0, 0.1) is 5.92 Å². The van der Waals surface area contributed by atoms with Crippen molar-refractivity contribution < 1.29 is 39.0 Å². The molecule has 0 aliphatic heterocycles. The fraction of sp³-hybridized carbons (Fsp3) is 0.700. The summed E-state index contributed by atoms with van der Waals surface area (Å²) < 4.78 is 0. The summed E-state index contributed by atoms with van der Waals surface area (Å²) in [7, 11) is 0. The molecule has 0 aliphatic rings. The van der Waals surface area contributed by atoms with Gasteiger partial charge in [0.15, 0.2) is 0 Å². The molecule has 9 N–H and O–H groups in total. The molecule has 0 saturated carbocycles. The number of thioether (sulfide) groups is 1. The van der Waals surface area contributed by atoms with E-state index in [0.29, 0.717) is 12.2 Å². The number of carbonyl (C=O) groups excluding carboxylic acids is 4. The lowest BCUT2D eigenvalue weighted by Gasteiger charge is -2.25. The number of nitrogens with one attached hydrogen (secondary N) is 3. The minimum absolute atomic E-state index is 0.0459. The Morgan fingerprint density at radius 2 is 1.38 bits per heavy atom. The van der Waals surface area contributed by atoms with Crippen LogP contribution in [0.1, 0.15) is 46.0 Å². The normalized spacial score (nSPS) is 14.4. The third kappa shape index (κ3) is 13.0. The van der Waals surface area contributed by atoms with Gasteiger partial charge in [0.25, 0.3) is 0 Å². The number of carboxylic acids is 2. The molecule has 0 saturated heterocycles. The van der Waals surface area contributed by atoms with Crippen molar-refractivity contribution in [2.45, 2.75) is 70.1 Å². The molecule has 0 bridgehead atoms. The van der Waals surface area contributed by atoms with Crippen LogP contribution in [0.5, 0.6) is 0 Å². The summed E-state index contributed by atoms with van der Waals surface area (Å²) in [5.74, 6) is -5.52. The first-order valence-corrected chi connectivity index (χ1v) is 12.1. The van der Waals surface area contributed by atoms with Gasteiger partial charge in [-0.2, -0.15) is 11.8 Å². The molecule has 14 heteroatoms. The highest BCUT2D eigenvalue weighted by molar-refractivity contribution is 7.98. The van der Waals surface area contributed by atoms with E-state index >= 15 is 0 Å². The maximum absolute atomic E-state index is 12.9. The van der Waals surface area contributed by atoms with Crippen molar-refractivity contribution in [3.63, 3.8) is 0 Å². The molecule has 0 radical (unpaired) electrons. The van der Waals surface area contributed by atoms with Crippen LogP contribution in [-0.4, -0.2) is 82.0 Å². The van der Waals surface area contributed by atoms with Gasteiger partial charge in [0.1, 0.15) is 18.1 Å². The third-order valence-electron chi connectivity index (χ3n) is 4.62. The predicted octanol–water partition coefficient (Wildman–Crippen LogP) is -1.61. The van der Waals surface area contributed by atoms with Crippen molar-refractivity contribution in [1.82, 2.24) is 16.0 Å². The molecule has 13 nitrogen and oxygen atoms in total. The molecule has 194 valence electrons. The van der Waals surface area contributed by atoms with Gasteiger partial charge in [-0.3, -0.25) is 24.0 Å². The number of nitrogens with two attached hydrogens (primary N) is 2. The van der Waals surface area contributed by atoms with E-state index < -0.39 is 66.2 Å². The van der Waals surface area contributed by atoms with Gasteiger partial charge in [-0.05, 0) is 37.2 Å². The molecule has 0 aliphatic carbocycles. The van der Waals surface area contributed by atoms with Gasteiger partial charge in [0.05, 0.1) is 12.5 Å². The first-order chi connectivity index (χ1) is 15.8. The lowest BCUT2D eigenvalue weighted by molar-refractivity contribution is -0.144. The SMILES string of the molecule is CSCCC(N)C(=O)NC(CC(C)C)C(=O)NC(CC(=O)O)C(=O)NC(CCC(N)=O)C(=O)O. The topological polar surface area (TPSA) is 231 Å². The van der Waals surface area contributed by atoms with Crippen LogP contribution in [0.25, 0.3) is 0 Å². The number of carboxylic acid groups (broad SMARTS) is 2. The maximum atomic E-state index is 12.9. The Balaban J connectivity index is 5.48. The Hall–Kier alpha value is -2.87. The van der Waals surface area contributed by atoms with Gasteiger partial charge in [0, 0.05) is 6.42 Å². The van der Waals surface area contributed by atoms with E-state index in [4.69, 9.17) is 16.6 Å². The summed E-state index contributed by atoms with van der Waals surface area (Å²) in [6.07, 6.45) is 0.946. The second kappa shape index (κ2) is 15.9. The molecule has 4 amide bonds. The Morgan fingerprint density at radius 3 is 1.85 bits per heavy atom. The first-order valence-electron chi connectivity index (χ1n) is 10.7. The van der Waals surface area contributed by atoms with E-state index in [1.807, 2.05) is 6.26 Å². The lowest BCUT2D eigenvalue weighted by Crippen LogP contribution is -2.57. The number of hydrogen-bond acceptors (Lipinski definition) is 8. The average molecular weight is 506 g/mol. The number of primary amides is 1. The largest absolute Gasteiger partial charge is 0.481 e. The van der Waals surface area contributed by atoms with E-state index in [1.165, 1.54) is 11.8 Å². The van der Waals surface area contributed by atoms with Crippen LogP contribution < -0.4 is 27.4 Å². The molecule has 0 rings (SSSR count). The van der Waals surface area contributed by atoms with Crippen LogP contribution in [-0.2, 0) is 28.8 Å². The van der Waals surface area contributed by atoms with E-state index in [-0.39, 0.29) is 25.2 Å². The zero-order valence-corrected chi connectivity index (χ0v) is 20.4. The van der Waals surface area contributed by atoms with Crippen molar-refractivity contribution in [2.24, 2.45) is 17.4 Å². The molecule has 0 fully saturated rings. The summed E-state index contributed by atoms with van der Waals surface area (Å²) in [5.41, 5.74) is 10.8. The van der Waals surface area contributed by atoms with E-state index in [0.717, 1.165) is 0 Å². The zero-order valence-electron chi connectivity index (χ0n) is 19.5. The molecule has 4 unspecified atom stereocenters. The Labute approximate surface area is 202 Å². The summed E-state index contributed by atoms with van der Waals surface area (Å²) in [5, 5.41) is 25.3. The fourth-order valence-electron chi connectivity index (χ4n) is 2.83. The molecule has 4 atom stereocenters. The van der Waals surface area contributed by atoms with Gasteiger partial charge in [-0.1, -0.05) is 13.8 Å². The predicted molar refractivity (Wildman–Crippen MR) is 125 cm³/mol. The standard InChI is InChI=1S/C20H35N5O8S/c1-10(2)8-13(24-17(29)11(21)6-7-34-3)18(30)25-14(9-16(27)28)19(31)23-12(20(32)33)4-5-15(22)26/h10-14H,4-9,21H2,1-3H3,(H2,22,26)(H,23,31)(H,24,29)(H,25,30)(H,27,28)(H,32,33). The molecular weight excluding hydrogens is 470 g/mol. The highest BCUT2D eigenvalue weighted by Crippen LogP contribution is 2.08. The van der Waals surface area contributed by atoms with Gasteiger partial charge in [0.2, 0.25) is 23.6 Å². The Morgan fingerprint density at radius 1 is 0.853 bits per heavy atom. The van der Waals surface area contributed by atoms with Crippen LogP contribution in [0.2, 0.25) is 0 Å². The lowest BCUT2D eigenvalue weighted by atomic mass is 10.0. The van der Waals surface area contributed by atoms with Crippen molar-refractivity contribution in [3.05, 3.63) is 0 Å². The minimum atomic E-state index is -1.63. The second-order valence-corrected chi connectivity index (χ2v) is 9.13. The third-order valence-corrected chi connectivity index (χ3v) is 5.26. The highest BCUT2D eigenvalue weighted by Gasteiger charge is 2.32. The van der Waals surface area contributed by atoms with Gasteiger partial charge in [-0.25, -0.2) is 4.79 Å². The van der Waals surface area contributed by atoms with Crippen molar-refractivity contribution in [1.29, 1.82) is 0 Å². The van der Waals surface area contributed by atoms with Gasteiger partial charge < -0.3 is 37.6 Å².